The topological polar surface area (TPSA) is 109 Å². The molecule has 1 unspecified atom stereocenters. The third-order valence-electron chi connectivity index (χ3n) is 7.95. The van der Waals surface area contributed by atoms with Crippen LogP contribution in [0.4, 0.5) is 4.39 Å². The third kappa shape index (κ3) is 6.58. The number of ketones is 1. The molecule has 3 heterocycles. The van der Waals surface area contributed by atoms with Crippen molar-refractivity contribution in [3.05, 3.63) is 35.9 Å². The standard InChI is InChI=1S/C28H40FNO6/c1-6-19-25(33)17(2)10-9-12-28(5)23(36-28)15-21(20(29)14-18-11-7-8-13-30-18)35-24(32)16-22(31)27(3,4)26(19)34/h7-8,11,13-14,17,19,21-23,25,31,33H,6,9-10,12,15-16H2,1-5H3/b20-14-/t17-,19+,21?,22-,23-,25-,28+/m0/s1. The number of halogens is 1. The number of pyridine rings is 1. The minimum Gasteiger partial charge on any atom is -0.455 e. The molecule has 1 aromatic rings. The number of hydrogen-bond donors (Lipinski definition) is 2. The third-order valence-corrected chi connectivity index (χ3v) is 7.95. The van der Waals surface area contributed by atoms with Crippen LogP contribution in [-0.4, -0.2) is 57.0 Å². The molecule has 0 aromatic carbocycles. The molecule has 36 heavy (non-hydrogen) atoms. The number of aromatic nitrogens is 1. The van der Waals surface area contributed by atoms with E-state index >= 15 is 4.39 Å². The first kappa shape index (κ1) is 28.4. The molecule has 2 N–H and O–H groups in total. The molecule has 0 spiro atoms. The number of ether oxygens (including phenoxy) is 2. The van der Waals surface area contributed by atoms with E-state index in [1.165, 1.54) is 6.08 Å². The minimum absolute atomic E-state index is 0.128. The zero-order chi connectivity index (χ0) is 26.7. The summed E-state index contributed by atoms with van der Waals surface area (Å²) in [6, 6.07) is 5.10. The Bertz CT molecular complexity index is 951. The maximum absolute atomic E-state index is 15.3. The van der Waals surface area contributed by atoms with Gasteiger partial charge < -0.3 is 19.7 Å². The average molecular weight is 506 g/mol. The van der Waals surface area contributed by atoms with Gasteiger partial charge in [0.1, 0.15) is 11.6 Å². The number of aliphatic hydroxyl groups excluding tert-OH is 2. The molecule has 2 saturated heterocycles. The van der Waals surface area contributed by atoms with Gasteiger partial charge in [0.05, 0.1) is 41.4 Å². The van der Waals surface area contributed by atoms with E-state index in [9.17, 15) is 19.8 Å². The maximum atomic E-state index is 15.3. The second-order valence-electron chi connectivity index (χ2n) is 11.1. The maximum Gasteiger partial charge on any atom is 0.309 e. The monoisotopic (exact) mass is 505 g/mol. The van der Waals surface area contributed by atoms with Gasteiger partial charge in [-0.15, -0.1) is 0 Å². The first-order valence-electron chi connectivity index (χ1n) is 12.9. The van der Waals surface area contributed by atoms with Crippen molar-refractivity contribution in [3.8, 4) is 0 Å². The Labute approximate surface area is 213 Å². The van der Waals surface area contributed by atoms with Gasteiger partial charge in [-0.2, -0.15) is 0 Å². The molecular formula is C28H40FNO6. The number of Topliss-reactive ketones (excluding diaryl/α,β-unsaturated/α-hetero) is 1. The molecule has 0 amide bonds. The number of fused-ring (bicyclic) bond motifs is 1. The molecule has 0 bridgehead atoms. The molecule has 7 atom stereocenters. The molecule has 0 radical (unpaired) electrons. The van der Waals surface area contributed by atoms with Gasteiger partial charge in [0.2, 0.25) is 0 Å². The lowest BCUT2D eigenvalue weighted by molar-refractivity contribution is -0.155. The first-order valence-corrected chi connectivity index (χ1v) is 12.9. The first-order chi connectivity index (χ1) is 16.9. The van der Waals surface area contributed by atoms with E-state index in [0.29, 0.717) is 25.0 Å². The van der Waals surface area contributed by atoms with Crippen molar-refractivity contribution < 1.29 is 33.7 Å². The van der Waals surface area contributed by atoms with Gasteiger partial charge in [0.25, 0.3) is 0 Å². The number of cyclic esters (lactones) is 1. The van der Waals surface area contributed by atoms with E-state index in [0.717, 1.165) is 6.42 Å². The summed E-state index contributed by atoms with van der Waals surface area (Å²) in [5.74, 6) is -2.56. The van der Waals surface area contributed by atoms with Crippen molar-refractivity contribution in [3.63, 3.8) is 0 Å². The number of aliphatic hydroxyl groups is 2. The molecule has 7 nitrogen and oxygen atoms in total. The van der Waals surface area contributed by atoms with Crippen molar-refractivity contribution in [2.45, 2.75) is 103 Å². The summed E-state index contributed by atoms with van der Waals surface area (Å²) >= 11 is 0. The van der Waals surface area contributed by atoms with Gasteiger partial charge in [0.15, 0.2) is 6.10 Å². The van der Waals surface area contributed by atoms with Crippen LogP contribution in [0.1, 0.15) is 78.8 Å². The lowest BCUT2D eigenvalue weighted by Gasteiger charge is -2.35. The van der Waals surface area contributed by atoms with Crippen LogP contribution in [0.5, 0.6) is 0 Å². The fourth-order valence-electron chi connectivity index (χ4n) is 5.10. The second kappa shape index (κ2) is 11.5. The van der Waals surface area contributed by atoms with Crippen LogP contribution in [0.25, 0.3) is 6.08 Å². The summed E-state index contributed by atoms with van der Waals surface area (Å²) in [5.41, 5.74) is -1.38. The van der Waals surface area contributed by atoms with E-state index < -0.39 is 53.5 Å². The Balaban J connectivity index is 1.87. The summed E-state index contributed by atoms with van der Waals surface area (Å²) in [7, 11) is 0. The highest BCUT2D eigenvalue weighted by molar-refractivity contribution is 5.88. The Kier molecular flexibility index (Phi) is 9.06. The van der Waals surface area contributed by atoms with E-state index in [4.69, 9.17) is 9.47 Å². The normalized spacial score (nSPS) is 36.6. The molecule has 0 saturated carbocycles. The van der Waals surface area contributed by atoms with Crippen molar-refractivity contribution in [2.24, 2.45) is 17.3 Å². The van der Waals surface area contributed by atoms with Crippen LogP contribution in [0.3, 0.4) is 0 Å². The summed E-state index contributed by atoms with van der Waals surface area (Å²) < 4.78 is 26.7. The largest absolute Gasteiger partial charge is 0.455 e. The Morgan fingerprint density at radius 1 is 1.25 bits per heavy atom. The Hall–Kier alpha value is -2.16. The summed E-state index contributed by atoms with van der Waals surface area (Å²) in [6.07, 6.45) is 1.31. The highest BCUT2D eigenvalue weighted by Crippen LogP contribution is 2.45. The lowest BCUT2D eigenvalue weighted by Crippen LogP contribution is -2.46. The van der Waals surface area contributed by atoms with Gasteiger partial charge in [0, 0.05) is 18.5 Å². The number of esters is 1. The van der Waals surface area contributed by atoms with Crippen LogP contribution in [0, 0.1) is 17.3 Å². The fourth-order valence-corrected chi connectivity index (χ4v) is 5.10. The van der Waals surface area contributed by atoms with Crippen LogP contribution >= 0.6 is 0 Å². The van der Waals surface area contributed by atoms with Crippen LogP contribution in [0.2, 0.25) is 0 Å². The quantitative estimate of drug-likeness (QED) is 0.463. The van der Waals surface area contributed by atoms with E-state index in [1.807, 2.05) is 20.8 Å². The van der Waals surface area contributed by atoms with Gasteiger partial charge in [-0.3, -0.25) is 14.6 Å². The average Bonchev–Trinajstić information content (AvgIpc) is 3.47. The number of nitrogens with zero attached hydrogens (tertiary/aromatic N) is 1. The second-order valence-corrected chi connectivity index (χ2v) is 11.1. The number of epoxide rings is 1. The smallest absolute Gasteiger partial charge is 0.309 e. The van der Waals surface area contributed by atoms with Gasteiger partial charge in [-0.25, -0.2) is 4.39 Å². The van der Waals surface area contributed by atoms with Gasteiger partial charge >= 0.3 is 5.97 Å². The van der Waals surface area contributed by atoms with Crippen molar-refractivity contribution >= 4 is 17.8 Å². The molecule has 0 aliphatic carbocycles. The molecule has 1 aromatic heterocycles. The Morgan fingerprint density at radius 2 is 1.97 bits per heavy atom. The molecule has 2 aliphatic heterocycles. The van der Waals surface area contributed by atoms with Gasteiger partial charge in [-0.1, -0.05) is 40.2 Å². The highest BCUT2D eigenvalue weighted by atomic mass is 19.1. The predicted molar refractivity (Wildman–Crippen MR) is 133 cm³/mol. The number of hydrogen-bond acceptors (Lipinski definition) is 7. The van der Waals surface area contributed by atoms with Gasteiger partial charge in [-0.05, 0) is 50.3 Å². The summed E-state index contributed by atoms with van der Waals surface area (Å²) in [4.78, 5) is 30.3. The van der Waals surface area contributed by atoms with Crippen LogP contribution in [0.15, 0.2) is 30.2 Å². The zero-order valence-electron chi connectivity index (χ0n) is 21.9. The van der Waals surface area contributed by atoms with Crippen molar-refractivity contribution in [1.29, 1.82) is 0 Å². The number of carbonyl (C=O) groups is 2. The molecule has 200 valence electrons. The highest BCUT2D eigenvalue weighted by Gasteiger charge is 2.53. The number of carbonyl (C=O) groups excluding carboxylic acids is 2. The minimum atomic E-state index is -1.35. The van der Waals surface area contributed by atoms with Crippen LogP contribution < -0.4 is 0 Å². The fraction of sp³-hybridized carbons (Fsp3) is 0.679. The molecule has 2 fully saturated rings. The number of rotatable bonds is 3. The van der Waals surface area contributed by atoms with E-state index in [1.54, 1.807) is 38.2 Å². The lowest BCUT2D eigenvalue weighted by atomic mass is 9.71. The predicted octanol–water partition coefficient (Wildman–Crippen LogP) is 4.40. The SMILES string of the molecule is CC[C@H]1C(=O)C(C)(C)[C@@H](O)CC(=O)OC(/C(F)=C/c2ccccn2)C[C@@H]2O[C@]2(C)CCC[C@H](C)[C@@H]1O. The molecule has 3 rings (SSSR count). The van der Waals surface area contributed by atoms with Crippen molar-refractivity contribution in [1.82, 2.24) is 4.98 Å². The molecule has 8 heteroatoms. The van der Waals surface area contributed by atoms with E-state index in [2.05, 4.69) is 4.98 Å². The summed E-state index contributed by atoms with van der Waals surface area (Å²) in [5, 5.41) is 21.8. The van der Waals surface area contributed by atoms with Crippen molar-refractivity contribution in [2.75, 3.05) is 0 Å². The zero-order valence-corrected chi connectivity index (χ0v) is 21.9. The summed E-state index contributed by atoms with van der Waals surface area (Å²) in [6.45, 7) is 8.84. The van der Waals surface area contributed by atoms with Crippen LogP contribution in [-0.2, 0) is 19.1 Å². The Morgan fingerprint density at radius 3 is 2.61 bits per heavy atom. The molecule has 2 aliphatic rings. The van der Waals surface area contributed by atoms with E-state index in [-0.39, 0.29) is 24.2 Å². The molecular weight excluding hydrogens is 465 g/mol.